The van der Waals surface area contributed by atoms with Gasteiger partial charge in [-0.15, -0.1) is 0 Å². The van der Waals surface area contributed by atoms with Crippen LogP contribution in [0, 0.1) is 0 Å². The molecule has 1 heterocycles. The van der Waals surface area contributed by atoms with E-state index in [1.165, 1.54) is 11.9 Å². The molecule has 0 radical (unpaired) electrons. The van der Waals surface area contributed by atoms with Gasteiger partial charge in [-0.3, -0.25) is 9.78 Å². The maximum atomic E-state index is 11.7. The van der Waals surface area contributed by atoms with E-state index in [-0.39, 0.29) is 10.8 Å². The second-order valence-corrected chi connectivity index (χ2v) is 5.51. The number of nitrogens with one attached hydrogen (secondary N) is 2. The van der Waals surface area contributed by atoms with Gasteiger partial charge < -0.3 is 5.11 Å². The maximum Gasteiger partial charge on any atom is 0.259 e. The number of benzene rings is 1. The van der Waals surface area contributed by atoms with Gasteiger partial charge >= 0.3 is 0 Å². The summed E-state index contributed by atoms with van der Waals surface area (Å²) in [5, 5.41) is 10.2. The number of aromatic nitrogens is 2. The van der Waals surface area contributed by atoms with Crippen LogP contribution >= 0.6 is 23.5 Å². The molecule has 18 heavy (non-hydrogen) atoms. The van der Waals surface area contributed by atoms with Crippen LogP contribution in [0.3, 0.4) is 0 Å². The van der Waals surface area contributed by atoms with E-state index in [4.69, 9.17) is 11.6 Å². The molecule has 1 aliphatic rings. The molecule has 5 nitrogen and oxygen atoms in total. The van der Waals surface area contributed by atoms with Crippen LogP contribution in [-0.2, 0) is 0 Å². The first-order chi connectivity index (χ1) is 8.56. The molecule has 0 saturated heterocycles. The lowest BCUT2D eigenvalue weighted by molar-refractivity contribution is 0.142. The van der Waals surface area contributed by atoms with Crippen molar-refractivity contribution in [3.8, 4) is 0 Å². The lowest BCUT2D eigenvalue weighted by Crippen LogP contribution is -2.23. The average molecular weight is 284 g/mol. The summed E-state index contributed by atoms with van der Waals surface area (Å²) in [6, 6.07) is 5.28. The summed E-state index contributed by atoms with van der Waals surface area (Å²) in [4.78, 5) is 19.0. The Labute approximate surface area is 112 Å². The van der Waals surface area contributed by atoms with E-state index < -0.39 is 5.72 Å². The van der Waals surface area contributed by atoms with Crippen LogP contribution in [0.25, 0.3) is 10.9 Å². The van der Waals surface area contributed by atoms with Crippen molar-refractivity contribution in [3.63, 3.8) is 0 Å². The van der Waals surface area contributed by atoms with Crippen molar-refractivity contribution in [2.24, 2.45) is 0 Å². The van der Waals surface area contributed by atoms with Gasteiger partial charge in [0.1, 0.15) is 5.72 Å². The summed E-state index contributed by atoms with van der Waals surface area (Å²) >= 11 is 6.98. The molecule has 1 fully saturated rings. The number of rotatable bonds is 3. The first-order valence-corrected chi connectivity index (χ1v) is 6.61. The van der Waals surface area contributed by atoms with Gasteiger partial charge in [-0.1, -0.05) is 0 Å². The molecule has 2 aromatic rings. The van der Waals surface area contributed by atoms with Crippen LogP contribution in [-0.4, -0.2) is 20.8 Å². The second kappa shape index (κ2) is 4.24. The van der Waals surface area contributed by atoms with Crippen LogP contribution in [0.15, 0.2) is 27.9 Å². The highest BCUT2D eigenvalue weighted by molar-refractivity contribution is 7.97. The fourth-order valence-corrected chi connectivity index (χ4v) is 2.53. The summed E-state index contributed by atoms with van der Waals surface area (Å²) in [6.45, 7) is 0. The predicted octanol–water partition coefficient (Wildman–Crippen LogP) is 1.66. The largest absolute Gasteiger partial charge is 0.375 e. The summed E-state index contributed by atoms with van der Waals surface area (Å²) in [6.07, 6.45) is 1.51. The topological polar surface area (TPSA) is 78.0 Å². The Kier molecular flexibility index (Phi) is 2.82. The lowest BCUT2D eigenvalue weighted by Gasteiger charge is -2.09. The molecule has 1 aliphatic carbocycles. The Balaban J connectivity index is 1.93. The molecule has 3 N–H and O–H groups in total. The monoisotopic (exact) mass is 283 g/mol. The molecular formula is C11H10ClN3O2S. The van der Waals surface area contributed by atoms with Crippen LogP contribution in [0.1, 0.15) is 12.8 Å². The quantitative estimate of drug-likeness (QED) is 0.454. The average Bonchev–Trinajstić information content (AvgIpc) is 3.05. The zero-order valence-electron chi connectivity index (χ0n) is 9.24. The number of aliphatic hydroxyl groups is 1. The molecule has 7 heteroatoms. The molecule has 0 amide bonds. The van der Waals surface area contributed by atoms with Gasteiger partial charge in [0.05, 0.1) is 10.9 Å². The molecular weight excluding hydrogens is 274 g/mol. The van der Waals surface area contributed by atoms with Gasteiger partial charge in [0, 0.05) is 4.90 Å². The molecule has 0 bridgehead atoms. The molecule has 94 valence electrons. The highest BCUT2D eigenvalue weighted by Crippen LogP contribution is 2.35. The minimum absolute atomic E-state index is 0.0818. The molecule has 0 atom stereocenters. The third kappa shape index (κ3) is 2.37. The van der Waals surface area contributed by atoms with Crippen LogP contribution in [0.4, 0.5) is 0 Å². The summed E-state index contributed by atoms with van der Waals surface area (Å²) in [5.74, 6) is 0. The van der Waals surface area contributed by atoms with E-state index in [0.717, 1.165) is 17.7 Å². The fraction of sp³-hybridized carbons (Fsp3) is 0.273. The van der Waals surface area contributed by atoms with Crippen molar-refractivity contribution in [3.05, 3.63) is 33.8 Å². The molecule has 3 rings (SSSR count). The van der Waals surface area contributed by atoms with E-state index in [2.05, 4.69) is 14.7 Å². The van der Waals surface area contributed by atoms with Crippen LogP contribution in [0.5, 0.6) is 0 Å². The third-order valence-corrected chi connectivity index (χ3v) is 3.88. The maximum absolute atomic E-state index is 11.7. The Hall–Kier alpha value is -1.08. The standard InChI is InChI=1S/C11H10ClN3O2S/c12-10-13-8-2-1-6(5-7(8)9(16)14-10)18-15-11(17)3-4-11/h1-2,5,15,17H,3-4H2,(H,13,14,16). The highest BCUT2D eigenvalue weighted by atomic mass is 35.5. The fourth-order valence-electron chi connectivity index (χ4n) is 1.53. The predicted molar refractivity (Wildman–Crippen MR) is 70.6 cm³/mol. The van der Waals surface area contributed by atoms with Gasteiger partial charge in [0.2, 0.25) is 5.28 Å². The van der Waals surface area contributed by atoms with E-state index in [9.17, 15) is 9.90 Å². The molecule has 1 aromatic heterocycles. The van der Waals surface area contributed by atoms with Gasteiger partial charge in [-0.25, -0.2) is 9.71 Å². The minimum atomic E-state index is -0.746. The normalized spacial score (nSPS) is 17.0. The Morgan fingerprint density at radius 2 is 2.28 bits per heavy atom. The zero-order chi connectivity index (χ0) is 12.8. The van der Waals surface area contributed by atoms with Gasteiger partial charge in [0.15, 0.2) is 0 Å². The van der Waals surface area contributed by atoms with Crippen molar-refractivity contribution in [2.45, 2.75) is 23.5 Å². The second-order valence-electron chi connectivity index (χ2n) is 4.27. The third-order valence-electron chi connectivity index (χ3n) is 2.73. The molecule has 0 aliphatic heterocycles. The summed E-state index contributed by atoms with van der Waals surface area (Å²) in [5.41, 5.74) is -0.458. The van der Waals surface area contributed by atoms with Gasteiger partial charge in [-0.05, 0) is 54.6 Å². The number of nitrogens with zero attached hydrogens (tertiary/aromatic N) is 1. The number of aromatic amines is 1. The number of fused-ring (bicyclic) bond motifs is 1. The first kappa shape index (κ1) is 12.0. The van der Waals surface area contributed by atoms with E-state index >= 15 is 0 Å². The van der Waals surface area contributed by atoms with Crippen molar-refractivity contribution < 1.29 is 5.11 Å². The summed E-state index contributed by atoms with van der Waals surface area (Å²) < 4.78 is 2.96. The molecule has 1 aromatic carbocycles. The number of hydrogen-bond donors (Lipinski definition) is 3. The zero-order valence-corrected chi connectivity index (χ0v) is 10.8. The van der Waals surface area contributed by atoms with Crippen molar-refractivity contribution in [1.29, 1.82) is 0 Å². The molecule has 0 unspecified atom stereocenters. The van der Waals surface area contributed by atoms with Crippen molar-refractivity contribution >= 4 is 34.5 Å². The number of halogens is 1. The van der Waals surface area contributed by atoms with E-state index in [1.807, 2.05) is 6.07 Å². The smallest absolute Gasteiger partial charge is 0.259 e. The van der Waals surface area contributed by atoms with Crippen molar-refractivity contribution in [1.82, 2.24) is 14.7 Å². The number of H-pyrrole nitrogens is 1. The number of hydrogen-bond acceptors (Lipinski definition) is 5. The highest BCUT2D eigenvalue weighted by Gasteiger charge is 2.40. The summed E-state index contributed by atoms with van der Waals surface area (Å²) in [7, 11) is 0. The lowest BCUT2D eigenvalue weighted by atomic mass is 10.2. The van der Waals surface area contributed by atoms with E-state index in [1.54, 1.807) is 12.1 Å². The SMILES string of the molecule is O=c1[nH]c(Cl)nc2ccc(SNC3(O)CC3)cc12. The molecule has 1 saturated carbocycles. The van der Waals surface area contributed by atoms with E-state index in [0.29, 0.717) is 10.9 Å². The Morgan fingerprint density at radius 3 is 3.00 bits per heavy atom. The van der Waals surface area contributed by atoms with Crippen LogP contribution in [0.2, 0.25) is 5.28 Å². The molecule has 0 spiro atoms. The van der Waals surface area contributed by atoms with Crippen LogP contribution < -0.4 is 10.3 Å². The van der Waals surface area contributed by atoms with Gasteiger partial charge in [0.25, 0.3) is 5.56 Å². The van der Waals surface area contributed by atoms with Gasteiger partial charge in [-0.2, -0.15) is 0 Å². The first-order valence-electron chi connectivity index (χ1n) is 5.42. The van der Waals surface area contributed by atoms with Crippen molar-refractivity contribution in [2.75, 3.05) is 0 Å². The Bertz CT molecular complexity index is 669. The minimum Gasteiger partial charge on any atom is -0.375 e. The Morgan fingerprint density at radius 1 is 1.50 bits per heavy atom.